The molecule has 3 aromatic carbocycles. The summed E-state index contributed by atoms with van der Waals surface area (Å²) < 4.78 is 13.2. The number of Topliss-reactive ketones (excluding diaryl/α,β-unsaturated/α-hetero) is 1. The highest BCUT2D eigenvalue weighted by Crippen LogP contribution is 2.30. The number of carbonyl (C=O) groups excluding carboxylic acids is 2. The van der Waals surface area contributed by atoms with Crippen LogP contribution in [-0.4, -0.2) is 22.6 Å². The van der Waals surface area contributed by atoms with Gasteiger partial charge >= 0.3 is 0 Å². The number of ketones is 1. The maximum absolute atomic E-state index is 13.3. The highest BCUT2D eigenvalue weighted by molar-refractivity contribution is 8.14. The quantitative estimate of drug-likeness (QED) is 0.299. The van der Waals surface area contributed by atoms with Crippen LogP contribution in [0.4, 0.5) is 10.1 Å². The first kappa shape index (κ1) is 23.6. The largest absolute Gasteiger partial charge is 0.293 e. The molecule has 0 aliphatic carbocycles. The molecular formula is C28H25FN2O2S. The van der Waals surface area contributed by atoms with Crippen molar-refractivity contribution in [2.45, 2.75) is 26.7 Å². The van der Waals surface area contributed by atoms with Crippen LogP contribution in [-0.2, 0) is 4.79 Å². The summed E-state index contributed by atoms with van der Waals surface area (Å²) in [5.74, 6) is -0.293. The molecular weight excluding hydrogens is 447 g/mol. The van der Waals surface area contributed by atoms with Crippen molar-refractivity contribution in [3.63, 3.8) is 0 Å². The van der Waals surface area contributed by atoms with E-state index in [9.17, 15) is 14.0 Å². The molecule has 0 fully saturated rings. The van der Waals surface area contributed by atoms with Crippen molar-refractivity contribution in [3.05, 3.63) is 107 Å². The van der Waals surface area contributed by atoms with Crippen LogP contribution in [0.25, 0.3) is 6.08 Å². The highest BCUT2D eigenvalue weighted by atomic mass is 32.2. The van der Waals surface area contributed by atoms with Crippen LogP contribution >= 0.6 is 11.8 Å². The van der Waals surface area contributed by atoms with E-state index >= 15 is 0 Å². The molecule has 6 heteroatoms. The van der Waals surface area contributed by atoms with Gasteiger partial charge in [-0.15, -0.1) is 0 Å². The number of amidine groups is 1. The molecule has 3 aromatic rings. The van der Waals surface area contributed by atoms with Gasteiger partial charge < -0.3 is 0 Å². The fraction of sp³-hybridized carbons (Fsp3) is 0.179. The SMILES string of the molecule is Cc1ccc(N2C(=O)C(=Cc3ccc(C(C)C)cc3)N=C2SCC(=O)c2ccc(F)cc2)cc1. The minimum Gasteiger partial charge on any atom is -0.293 e. The summed E-state index contributed by atoms with van der Waals surface area (Å²) in [7, 11) is 0. The number of hydrogen-bond donors (Lipinski definition) is 0. The van der Waals surface area contributed by atoms with Gasteiger partial charge in [-0.3, -0.25) is 14.5 Å². The van der Waals surface area contributed by atoms with Gasteiger partial charge in [-0.2, -0.15) is 0 Å². The average molecular weight is 473 g/mol. The van der Waals surface area contributed by atoms with Crippen molar-refractivity contribution in [3.8, 4) is 0 Å². The minimum absolute atomic E-state index is 0.0798. The monoisotopic (exact) mass is 472 g/mol. The number of aryl methyl sites for hydroxylation is 1. The second-order valence-electron chi connectivity index (χ2n) is 8.44. The zero-order valence-electron chi connectivity index (χ0n) is 19.3. The Labute approximate surface area is 203 Å². The van der Waals surface area contributed by atoms with Crippen LogP contribution in [0.15, 0.2) is 83.5 Å². The maximum atomic E-state index is 13.3. The van der Waals surface area contributed by atoms with E-state index in [0.29, 0.717) is 28.0 Å². The van der Waals surface area contributed by atoms with Crippen molar-refractivity contribution < 1.29 is 14.0 Å². The van der Waals surface area contributed by atoms with Gasteiger partial charge in [0.25, 0.3) is 5.91 Å². The van der Waals surface area contributed by atoms with Gasteiger partial charge in [0.15, 0.2) is 11.0 Å². The molecule has 34 heavy (non-hydrogen) atoms. The number of nitrogens with zero attached hydrogens (tertiary/aromatic N) is 2. The standard InChI is InChI=1S/C28H25FN2O2S/c1-18(2)21-8-6-20(7-9-21)16-25-27(33)31(24-14-4-19(3)5-15-24)28(30-25)34-17-26(32)22-10-12-23(29)13-11-22/h4-16,18H,17H2,1-3H3. The first-order valence-electron chi connectivity index (χ1n) is 11.0. The minimum atomic E-state index is -0.392. The Morgan fingerprint density at radius 1 is 1.00 bits per heavy atom. The van der Waals surface area contributed by atoms with Gasteiger partial charge in [0.2, 0.25) is 0 Å². The fourth-order valence-electron chi connectivity index (χ4n) is 3.50. The normalized spacial score (nSPS) is 14.7. The number of aliphatic imine (C=N–C) groups is 1. The van der Waals surface area contributed by atoms with E-state index in [1.807, 2.05) is 43.3 Å². The summed E-state index contributed by atoms with van der Waals surface area (Å²) >= 11 is 1.19. The number of anilines is 1. The van der Waals surface area contributed by atoms with Crippen LogP contribution in [0, 0.1) is 12.7 Å². The lowest BCUT2D eigenvalue weighted by molar-refractivity contribution is -0.113. The summed E-state index contributed by atoms with van der Waals surface area (Å²) in [5, 5.41) is 0.439. The predicted octanol–water partition coefficient (Wildman–Crippen LogP) is 6.62. The summed E-state index contributed by atoms with van der Waals surface area (Å²) in [6.07, 6.45) is 1.77. The Morgan fingerprint density at radius 2 is 1.65 bits per heavy atom. The predicted molar refractivity (Wildman–Crippen MR) is 138 cm³/mol. The molecule has 1 aliphatic heterocycles. The molecule has 1 aliphatic rings. The number of rotatable bonds is 6. The molecule has 0 atom stereocenters. The Morgan fingerprint density at radius 3 is 2.26 bits per heavy atom. The van der Waals surface area contributed by atoms with Gasteiger partial charge in [-0.25, -0.2) is 9.38 Å². The maximum Gasteiger partial charge on any atom is 0.283 e. The average Bonchev–Trinajstić information content (AvgIpc) is 3.13. The van der Waals surface area contributed by atoms with Gasteiger partial charge in [-0.05, 0) is 66.4 Å². The van der Waals surface area contributed by atoms with E-state index in [4.69, 9.17) is 0 Å². The summed E-state index contributed by atoms with van der Waals surface area (Å²) in [6, 6.07) is 21.1. The summed E-state index contributed by atoms with van der Waals surface area (Å²) in [6.45, 7) is 6.25. The lowest BCUT2D eigenvalue weighted by Gasteiger charge is -2.18. The lowest BCUT2D eigenvalue weighted by Crippen LogP contribution is -2.30. The van der Waals surface area contributed by atoms with Crippen LogP contribution in [0.1, 0.15) is 46.8 Å². The van der Waals surface area contributed by atoms with Gasteiger partial charge in [-0.1, -0.05) is 67.6 Å². The van der Waals surface area contributed by atoms with E-state index in [-0.39, 0.29) is 17.4 Å². The molecule has 0 unspecified atom stereocenters. The third-order valence-corrected chi connectivity index (χ3v) is 6.47. The molecule has 4 rings (SSSR count). The number of thioether (sulfide) groups is 1. The van der Waals surface area contributed by atoms with Gasteiger partial charge in [0, 0.05) is 5.56 Å². The van der Waals surface area contributed by atoms with Crippen molar-refractivity contribution in [2.75, 3.05) is 10.7 Å². The van der Waals surface area contributed by atoms with E-state index in [1.165, 1.54) is 46.5 Å². The van der Waals surface area contributed by atoms with Crippen molar-refractivity contribution in [1.82, 2.24) is 0 Å². The number of carbonyl (C=O) groups is 2. The molecule has 0 N–H and O–H groups in total. The first-order valence-corrected chi connectivity index (χ1v) is 12.0. The second kappa shape index (κ2) is 10.2. The molecule has 0 aromatic heterocycles. The molecule has 0 saturated carbocycles. The number of hydrogen-bond acceptors (Lipinski definition) is 4. The first-order chi connectivity index (χ1) is 16.3. The molecule has 1 heterocycles. The van der Waals surface area contributed by atoms with Crippen LogP contribution < -0.4 is 4.90 Å². The Balaban J connectivity index is 1.61. The Kier molecular flexibility index (Phi) is 7.08. The highest BCUT2D eigenvalue weighted by Gasteiger charge is 2.32. The topological polar surface area (TPSA) is 49.7 Å². The van der Waals surface area contributed by atoms with E-state index in [0.717, 1.165) is 11.1 Å². The molecule has 4 nitrogen and oxygen atoms in total. The van der Waals surface area contributed by atoms with Crippen molar-refractivity contribution in [2.24, 2.45) is 4.99 Å². The van der Waals surface area contributed by atoms with E-state index in [2.05, 4.69) is 31.0 Å². The van der Waals surface area contributed by atoms with Crippen molar-refractivity contribution in [1.29, 1.82) is 0 Å². The van der Waals surface area contributed by atoms with Crippen LogP contribution in [0.3, 0.4) is 0 Å². The Hall–Kier alpha value is -3.51. The Bertz CT molecular complexity index is 1260. The van der Waals surface area contributed by atoms with E-state index in [1.54, 1.807) is 6.08 Å². The molecule has 0 spiro atoms. The van der Waals surface area contributed by atoms with Gasteiger partial charge in [0.1, 0.15) is 11.5 Å². The van der Waals surface area contributed by atoms with Gasteiger partial charge in [0.05, 0.1) is 11.4 Å². The third kappa shape index (κ3) is 5.34. The smallest absolute Gasteiger partial charge is 0.283 e. The number of halogens is 1. The molecule has 172 valence electrons. The van der Waals surface area contributed by atoms with Crippen molar-refractivity contribution >= 4 is 40.4 Å². The fourth-order valence-corrected chi connectivity index (χ4v) is 4.41. The second-order valence-corrected chi connectivity index (χ2v) is 9.38. The van der Waals surface area contributed by atoms with Crippen LogP contribution in [0.5, 0.6) is 0 Å². The van der Waals surface area contributed by atoms with E-state index < -0.39 is 5.82 Å². The molecule has 0 radical (unpaired) electrons. The zero-order valence-corrected chi connectivity index (χ0v) is 20.1. The molecule has 0 saturated heterocycles. The lowest BCUT2D eigenvalue weighted by atomic mass is 10.0. The number of benzene rings is 3. The van der Waals surface area contributed by atoms with Crippen LogP contribution in [0.2, 0.25) is 0 Å². The summed E-state index contributed by atoms with van der Waals surface area (Å²) in [5.41, 5.74) is 4.61. The summed E-state index contributed by atoms with van der Waals surface area (Å²) in [4.78, 5) is 32.1. The molecule has 0 bridgehead atoms. The zero-order chi connectivity index (χ0) is 24.2. The third-order valence-electron chi connectivity index (χ3n) is 5.53. The molecule has 1 amide bonds. The number of amides is 1.